The van der Waals surface area contributed by atoms with E-state index < -0.39 is 6.10 Å². The molecule has 0 radical (unpaired) electrons. The van der Waals surface area contributed by atoms with Crippen LogP contribution in [-0.2, 0) is 14.3 Å². The average molecular weight is 355 g/mol. The van der Waals surface area contributed by atoms with Crippen molar-refractivity contribution < 1.29 is 19.0 Å². The Hall–Kier alpha value is -1.34. The van der Waals surface area contributed by atoms with Crippen LogP contribution in [0.4, 0.5) is 5.69 Å². The summed E-state index contributed by atoms with van der Waals surface area (Å²) < 4.78 is 17.0. The maximum Gasteiger partial charge on any atom is 0.253 e. The van der Waals surface area contributed by atoms with Crippen molar-refractivity contribution in [2.45, 2.75) is 44.0 Å². The molecule has 1 amide bonds. The lowest BCUT2D eigenvalue weighted by molar-refractivity contribution is -0.126. The van der Waals surface area contributed by atoms with Crippen LogP contribution in [0.1, 0.15) is 25.7 Å². The number of hydrogen-bond acceptors (Lipinski definition) is 5. The molecule has 0 saturated carbocycles. The number of ether oxygens (including phenoxy) is 3. The summed E-state index contributed by atoms with van der Waals surface area (Å²) in [5.41, 5.74) is 6.13. The van der Waals surface area contributed by atoms with Gasteiger partial charge in [-0.3, -0.25) is 4.79 Å². The zero-order chi connectivity index (χ0) is 16.9. The highest BCUT2D eigenvalue weighted by Crippen LogP contribution is 2.30. The predicted molar refractivity (Wildman–Crippen MR) is 91.5 cm³/mol. The van der Waals surface area contributed by atoms with Gasteiger partial charge in [-0.2, -0.15) is 0 Å². The van der Waals surface area contributed by atoms with Crippen LogP contribution in [-0.4, -0.2) is 44.0 Å². The largest absolute Gasteiger partial charge is 0.489 e. The van der Waals surface area contributed by atoms with E-state index in [1.54, 1.807) is 18.2 Å². The summed E-state index contributed by atoms with van der Waals surface area (Å²) >= 11 is 6.05. The van der Waals surface area contributed by atoms with Crippen molar-refractivity contribution in [2.75, 3.05) is 25.1 Å². The van der Waals surface area contributed by atoms with E-state index in [1.165, 1.54) is 0 Å². The molecule has 6 nitrogen and oxygen atoms in total. The van der Waals surface area contributed by atoms with Crippen LogP contribution in [0.2, 0.25) is 5.02 Å². The maximum absolute atomic E-state index is 12.4. The second kappa shape index (κ2) is 8.16. The molecule has 3 rings (SSSR count). The van der Waals surface area contributed by atoms with E-state index in [0.717, 1.165) is 25.9 Å². The molecular weight excluding hydrogens is 332 g/mol. The van der Waals surface area contributed by atoms with Crippen molar-refractivity contribution in [3.63, 3.8) is 0 Å². The fourth-order valence-electron chi connectivity index (χ4n) is 2.97. The summed E-state index contributed by atoms with van der Waals surface area (Å²) in [6, 6.07) is 5.17. The zero-order valence-corrected chi connectivity index (χ0v) is 14.3. The number of carbonyl (C=O) groups is 1. The molecular formula is C17H23ClN2O4. The summed E-state index contributed by atoms with van der Waals surface area (Å²) in [6.45, 7) is 1.66. The highest BCUT2D eigenvalue weighted by molar-refractivity contribution is 6.31. The number of rotatable bonds is 6. The number of nitrogens with two attached hydrogens (primary N) is 1. The quantitative estimate of drug-likeness (QED) is 0.819. The highest BCUT2D eigenvalue weighted by Gasteiger charge is 2.30. The third-order valence-electron chi connectivity index (χ3n) is 4.31. The van der Waals surface area contributed by atoms with Crippen LogP contribution in [0.3, 0.4) is 0 Å². The van der Waals surface area contributed by atoms with E-state index in [2.05, 4.69) is 5.32 Å². The van der Waals surface area contributed by atoms with E-state index in [4.69, 9.17) is 31.5 Å². The Morgan fingerprint density at radius 1 is 1.33 bits per heavy atom. The average Bonchev–Trinajstić information content (AvgIpc) is 3.25. The molecule has 1 aromatic carbocycles. The second-order valence-corrected chi connectivity index (χ2v) is 6.57. The topological polar surface area (TPSA) is 82.8 Å². The summed E-state index contributed by atoms with van der Waals surface area (Å²) in [7, 11) is 0. The van der Waals surface area contributed by atoms with E-state index >= 15 is 0 Å². The van der Waals surface area contributed by atoms with Gasteiger partial charge in [-0.25, -0.2) is 0 Å². The van der Waals surface area contributed by atoms with Crippen molar-refractivity contribution in [1.29, 1.82) is 0 Å². The van der Waals surface area contributed by atoms with E-state index in [1.807, 2.05) is 0 Å². The number of benzene rings is 1. The number of anilines is 1. The number of hydrogen-bond donors (Lipinski definition) is 2. The lowest BCUT2D eigenvalue weighted by Crippen LogP contribution is -2.30. The lowest BCUT2D eigenvalue weighted by atomic mass is 10.2. The van der Waals surface area contributed by atoms with Crippen LogP contribution >= 0.6 is 11.6 Å². The van der Waals surface area contributed by atoms with Gasteiger partial charge in [0.2, 0.25) is 0 Å². The molecule has 2 fully saturated rings. The van der Waals surface area contributed by atoms with Crippen molar-refractivity contribution >= 4 is 23.2 Å². The smallest absolute Gasteiger partial charge is 0.253 e. The fraction of sp³-hybridized carbons (Fsp3) is 0.588. The van der Waals surface area contributed by atoms with Gasteiger partial charge in [0.05, 0.1) is 17.9 Å². The van der Waals surface area contributed by atoms with Gasteiger partial charge in [0.15, 0.2) is 0 Å². The van der Waals surface area contributed by atoms with Crippen LogP contribution in [0.5, 0.6) is 5.75 Å². The molecule has 1 aromatic rings. The van der Waals surface area contributed by atoms with Gasteiger partial charge in [-0.1, -0.05) is 11.6 Å². The van der Waals surface area contributed by atoms with Crippen LogP contribution in [0.25, 0.3) is 0 Å². The molecule has 1 unspecified atom stereocenters. The van der Waals surface area contributed by atoms with Crippen molar-refractivity contribution in [1.82, 2.24) is 0 Å². The van der Waals surface area contributed by atoms with Crippen molar-refractivity contribution in [3.05, 3.63) is 23.2 Å². The van der Waals surface area contributed by atoms with Gasteiger partial charge in [0.25, 0.3) is 5.91 Å². The molecule has 3 N–H and O–H groups in total. The first-order valence-corrected chi connectivity index (χ1v) is 8.74. The molecule has 0 spiro atoms. The molecule has 0 bridgehead atoms. The molecule has 132 valence electrons. The Balaban J connectivity index is 1.62. The number of nitrogens with one attached hydrogen (secondary N) is 1. The Morgan fingerprint density at radius 2 is 2.21 bits per heavy atom. The van der Waals surface area contributed by atoms with Gasteiger partial charge in [-0.05, 0) is 43.9 Å². The van der Waals surface area contributed by atoms with Crippen LogP contribution in [0, 0.1) is 0 Å². The number of amides is 1. The van der Waals surface area contributed by atoms with Gasteiger partial charge in [0, 0.05) is 18.2 Å². The molecule has 2 saturated heterocycles. The number of carbonyl (C=O) groups excluding carboxylic acids is 1. The standard InChI is InChI=1S/C17H23ClN2O4/c18-11-3-5-15(23-10-13-2-1-7-22-13)14(8-11)20-17(21)16-6-4-12(9-19)24-16/h3,5,8,12-13,16H,1-2,4,6-7,9-10,19H2,(H,20,21)/t12-,13?,16+/m1/s1. The summed E-state index contributed by atoms with van der Waals surface area (Å²) in [5, 5.41) is 3.39. The third kappa shape index (κ3) is 4.39. The lowest BCUT2D eigenvalue weighted by Gasteiger charge is -2.17. The molecule has 7 heteroatoms. The number of halogens is 1. The molecule has 0 aliphatic carbocycles. The summed E-state index contributed by atoms with van der Waals surface area (Å²) in [6.07, 6.45) is 3.09. The van der Waals surface area contributed by atoms with E-state index in [9.17, 15) is 4.79 Å². The highest BCUT2D eigenvalue weighted by atomic mass is 35.5. The van der Waals surface area contributed by atoms with Gasteiger partial charge >= 0.3 is 0 Å². The van der Waals surface area contributed by atoms with Gasteiger partial charge in [0.1, 0.15) is 18.5 Å². The van der Waals surface area contributed by atoms with Crippen molar-refractivity contribution in [2.24, 2.45) is 5.73 Å². The SMILES string of the molecule is NC[C@H]1CC[C@@H](C(=O)Nc2cc(Cl)ccc2OCC2CCCO2)O1. The van der Waals surface area contributed by atoms with Gasteiger partial charge in [-0.15, -0.1) is 0 Å². The molecule has 24 heavy (non-hydrogen) atoms. The molecule has 2 aliphatic rings. The summed E-state index contributed by atoms with van der Waals surface area (Å²) in [5.74, 6) is 0.381. The third-order valence-corrected chi connectivity index (χ3v) is 4.55. The molecule has 2 aliphatic heterocycles. The first-order chi connectivity index (χ1) is 11.7. The Kier molecular flexibility index (Phi) is 5.94. The summed E-state index contributed by atoms with van der Waals surface area (Å²) in [4.78, 5) is 12.4. The first kappa shape index (κ1) is 17.5. The Morgan fingerprint density at radius 3 is 2.92 bits per heavy atom. The van der Waals surface area contributed by atoms with E-state index in [0.29, 0.717) is 36.0 Å². The Bertz CT molecular complexity index is 578. The Labute approximate surface area is 146 Å². The minimum Gasteiger partial charge on any atom is -0.489 e. The zero-order valence-electron chi connectivity index (χ0n) is 13.5. The monoisotopic (exact) mass is 354 g/mol. The first-order valence-electron chi connectivity index (χ1n) is 8.36. The van der Waals surface area contributed by atoms with Crippen molar-refractivity contribution in [3.8, 4) is 5.75 Å². The van der Waals surface area contributed by atoms with Gasteiger partial charge < -0.3 is 25.3 Å². The molecule has 2 heterocycles. The van der Waals surface area contributed by atoms with Crippen LogP contribution in [0.15, 0.2) is 18.2 Å². The van der Waals surface area contributed by atoms with E-state index in [-0.39, 0.29) is 18.1 Å². The molecule has 3 atom stereocenters. The fourth-order valence-corrected chi connectivity index (χ4v) is 3.14. The maximum atomic E-state index is 12.4. The minimum absolute atomic E-state index is 0.0460. The second-order valence-electron chi connectivity index (χ2n) is 6.14. The van der Waals surface area contributed by atoms with Crippen LogP contribution < -0.4 is 15.8 Å². The minimum atomic E-state index is -0.483. The predicted octanol–water partition coefficient (Wildman–Crippen LogP) is 2.34. The normalized spacial score (nSPS) is 26.5. The molecule has 0 aromatic heterocycles.